The molecule has 1 aliphatic heterocycles. The molecule has 8 heteroatoms. The minimum Gasteiger partial charge on any atom is -0.342 e. The summed E-state index contributed by atoms with van der Waals surface area (Å²) in [5.74, 6) is -3.26. The van der Waals surface area contributed by atoms with Gasteiger partial charge in [-0.3, -0.25) is 9.79 Å². The van der Waals surface area contributed by atoms with E-state index in [1.807, 2.05) is 18.5 Å². The zero-order chi connectivity index (χ0) is 21.5. The largest absolute Gasteiger partial charge is 0.342 e. The highest BCUT2D eigenvalue weighted by Gasteiger charge is 2.42. The molecule has 0 unspecified atom stereocenters. The third kappa shape index (κ3) is 3.75. The smallest absolute Gasteiger partial charge is 0.270 e. The zero-order valence-corrected chi connectivity index (χ0v) is 17.1. The Kier molecular flexibility index (Phi) is 5.42. The van der Waals surface area contributed by atoms with Crippen molar-refractivity contribution in [2.24, 2.45) is 12.0 Å². The van der Waals surface area contributed by atoms with Crippen LogP contribution in [0.25, 0.3) is 11.3 Å². The van der Waals surface area contributed by atoms with Crippen molar-refractivity contribution in [2.45, 2.75) is 57.4 Å². The Hall–Kier alpha value is -2.64. The van der Waals surface area contributed by atoms with Gasteiger partial charge in [-0.25, -0.2) is 18.2 Å². The maximum atomic E-state index is 15.0. The fourth-order valence-corrected chi connectivity index (χ4v) is 4.24. The molecule has 160 valence electrons. The fraction of sp³-hybridized carbons (Fsp3) is 0.500. The monoisotopic (exact) mass is 418 g/mol. The van der Waals surface area contributed by atoms with E-state index in [0.29, 0.717) is 54.6 Å². The number of halogens is 3. The maximum Gasteiger partial charge on any atom is 0.270 e. The molecular weight excluding hydrogens is 393 g/mol. The van der Waals surface area contributed by atoms with Gasteiger partial charge in [-0.2, -0.15) is 0 Å². The van der Waals surface area contributed by atoms with E-state index in [2.05, 4.69) is 15.3 Å². The highest BCUT2D eigenvalue weighted by Crippen LogP contribution is 2.34. The van der Waals surface area contributed by atoms with Crippen LogP contribution >= 0.6 is 0 Å². The minimum absolute atomic E-state index is 0.0310. The third-order valence-electron chi connectivity index (χ3n) is 6.10. The first-order chi connectivity index (χ1) is 14.3. The van der Waals surface area contributed by atoms with Gasteiger partial charge in [0, 0.05) is 31.1 Å². The molecule has 1 saturated carbocycles. The summed E-state index contributed by atoms with van der Waals surface area (Å²) in [6.07, 6.45) is 3.74. The van der Waals surface area contributed by atoms with E-state index in [4.69, 9.17) is 0 Å². The number of hydrogen-bond acceptors (Lipinski definition) is 3. The Bertz CT molecular complexity index is 1010. The minimum atomic E-state index is -2.94. The quantitative estimate of drug-likeness (QED) is 0.820. The Labute approximate surface area is 173 Å². The van der Waals surface area contributed by atoms with Crippen molar-refractivity contribution in [1.82, 2.24) is 14.9 Å². The number of imidazole rings is 1. The Morgan fingerprint density at radius 1 is 1.27 bits per heavy atom. The van der Waals surface area contributed by atoms with Crippen molar-refractivity contribution >= 4 is 11.6 Å². The molecule has 2 aromatic rings. The molecule has 2 heterocycles. The molecule has 1 aromatic carbocycles. The number of carbonyl (C=O) groups excluding carboxylic acids is 1. The van der Waals surface area contributed by atoms with Crippen LogP contribution < -0.4 is 5.32 Å². The second-order valence-electron chi connectivity index (χ2n) is 8.10. The van der Waals surface area contributed by atoms with Gasteiger partial charge in [-0.1, -0.05) is 6.42 Å². The number of carbonyl (C=O) groups is 1. The van der Waals surface area contributed by atoms with E-state index in [0.717, 1.165) is 5.82 Å². The van der Waals surface area contributed by atoms with Crippen LogP contribution in [-0.4, -0.2) is 39.7 Å². The van der Waals surface area contributed by atoms with Gasteiger partial charge in [0.1, 0.15) is 17.4 Å². The van der Waals surface area contributed by atoms with Gasteiger partial charge in [0.05, 0.1) is 17.9 Å². The van der Waals surface area contributed by atoms with Crippen LogP contribution in [0.5, 0.6) is 0 Å². The van der Waals surface area contributed by atoms with Crippen LogP contribution in [0.15, 0.2) is 23.3 Å². The summed E-state index contributed by atoms with van der Waals surface area (Å²) in [6.45, 7) is 2.19. The van der Waals surface area contributed by atoms with Crippen LogP contribution in [-0.2, 0) is 18.3 Å². The highest BCUT2D eigenvalue weighted by atomic mass is 19.3. The zero-order valence-electron chi connectivity index (χ0n) is 17.1. The van der Waals surface area contributed by atoms with E-state index < -0.39 is 23.7 Å². The average Bonchev–Trinajstić information content (AvgIpc) is 2.90. The Balaban J connectivity index is 1.72. The Morgan fingerprint density at radius 3 is 2.77 bits per heavy atom. The van der Waals surface area contributed by atoms with E-state index >= 15 is 4.39 Å². The lowest BCUT2D eigenvalue weighted by molar-refractivity contribution is -0.121. The molecule has 4 rings (SSSR count). The van der Waals surface area contributed by atoms with Crippen molar-refractivity contribution < 1.29 is 18.0 Å². The van der Waals surface area contributed by atoms with E-state index in [1.165, 1.54) is 6.07 Å². The molecule has 1 aromatic heterocycles. The number of benzene rings is 1. The van der Waals surface area contributed by atoms with Crippen LogP contribution in [0, 0.1) is 12.7 Å². The van der Waals surface area contributed by atoms with E-state index in [1.54, 1.807) is 12.3 Å². The van der Waals surface area contributed by atoms with Crippen molar-refractivity contribution in [3.8, 4) is 11.3 Å². The number of hydrogen-bond donors (Lipinski definition) is 1. The molecule has 0 bridgehead atoms. The lowest BCUT2D eigenvalue weighted by Gasteiger charge is -2.32. The molecule has 1 amide bonds. The third-order valence-corrected chi connectivity index (χ3v) is 6.10. The maximum absolute atomic E-state index is 15.0. The predicted octanol–water partition coefficient (Wildman–Crippen LogP) is 3.96. The van der Waals surface area contributed by atoms with Crippen LogP contribution in [0.2, 0.25) is 0 Å². The summed E-state index contributed by atoms with van der Waals surface area (Å²) < 4.78 is 45.3. The molecule has 1 N–H and O–H groups in total. The van der Waals surface area contributed by atoms with Gasteiger partial charge in [0.15, 0.2) is 0 Å². The summed E-state index contributed by atoms with van der Waals surface area (Å²) in [5, 5.41) is 2.48. The van der Waals surface area contributed by atoms with Crippen molar-refractivity contribution in [1.29, 1.82) is 0 Å². The summed E-state index contributed by atoms with van der Waals surface area (Å²) in [5.41, 5.74) is 2.08. The molecule has 5 nitrogen and oxygen atoms in total. The van der Waals surface area contributed by atoms with Crippen molar-refractivity contribution in [3.63, 3.8) is 0 Å². The van der Waals surface area contributed by atoms with E-state index in [-0.39, 0.29) is 18.6 Å². The molecule has 0 radical (unpaired) electrons. The topological polar surface area (TPSA) is 59.3 Å². The molecule has 1 fully saturated rings. The first-order valence-electron chi connectivity index (χ1n) is 10.3. The summed E-state index contributed by atoms with van der Waals surface area (Å²) in [4.78, 5) is 21.6. The summed E-state index contributed by atoms with van der Waals surface area (Å²) >= 11 is 0. The lowest BCUT2D eigenvalue weighted by atomic mass is 9.91. The highest BCUT2D eigenvalue weighted by molar-refractivity contribution is 6.46. The van der Waals surface area contributed by atoms with Gasteiger partial charge in [0.25, 0.3) is 11.8 Å². The molecule has 2 aliphatic rings. The van der Waals surface area contributed by atoms with Crippen LogP contribution in [0.4, 0.5) is 13.2 Å². The molecule has 30 heavy (non-hydrogen) atoms. The van der Waals surface area contributed by atoms with Crippen molar-refractivity contribution in [2.75, 3.05) is 6.54 Å². The number of nitrogens with one attached hydrogen (secondary N) is 1. The van der Waals surface area contributed by atoms with Gasteiger partial charge >= 0.3 is 0 Å². The SMILES string of the molecule is Cc1ncc(-c2cc(F)c3c(c2)C(C(=O)N[C@@H]2CCCCC2(F)F)=NCCC3)n1C. The standard InChI is InChI=1S/C22H25F3N4O/c1-13-27-12-18(29(13)2)14-10-16-15(17(23)11-14)6-5-9-26-20(16)21(30)28-19-7-3-4-8-22(19,24)25/h10-12,19H,3-9H2,1-2H3,(H,28,30)/t19-/m1/s1. The van der Waals surface area contributed by atoms with Crippen LogP contribution in [0.3, 0.4) is 0 Å². The number of aromatic nitrogens is 2. The van der Waals surface area contributed by atoms with Gasteiger partial charge in [-0.15, -0.1) is 0 Å². The summed E-state index contributed by atoms with van der Waals surface area (Å²) in [7, 11) is 1.83. The number of amides is 1. The molecular formula is C22H25F3N4O. The first-order valence-corrected chi connectivity index (χ1v) is 10.3. The Morgan fingerprint density at radius 2 is 2.07 bits per heavy atom. The van der Waals surface area contributed by atoms with Crippen molar-refractivity contribution in [3.05, 3.63) is 41.1 Å². The number of rotatable bonds is 3. The summed E-state index contributed by atoms with van der Waals surface area (Å²) in [6, 6.07) is 1.93. The number of alkyl halides is 2. The molecule has 1 aliphatic carbocycles. The van der Waals surface area contributed by atoms with Crippen LogP contribution in [0.1, 0.15) is 49.1 Å². The fourth-order valence-electron chi connectivity index (χ4n) is 4.24. The second kappa shape index (κ2) is 7.89. The van der Waals surface area contributed by atoms with Gasteiger partial charge in [0.2, 0.25) is 0 Å². The van der Waals surface area contributed by atoms with Gasteiger partial charge in [-0.05, 0) is 50.3 Å². The predicted molar refractivity (Wildman–Crippen MR) is 108 cm³/mol. The number of aliphatic imine (C=N–C) groups is 1. The average molecular weight is 418 g/mol. The molecule has 0 saturated heterocycles. The normalized spacial score (nSPS) is 20.8. The van der Waals surface area contributed by atoms with Gasteiger partial charge < -0.3 is 9.88 Å². The number of aryl methyl sites for hydroxylation is 1. The first kappa shape index (κ1) is 20.6. The lowest BCUT2D eigenvalue weighted by Crippen LogP contribution is -2.51. The number of nitrogens with zero attached hydrogens (tertiary/aromatic N) is 3. The number of fused-ring (bicyclic) bond motifs is 1. The second-order valence-corrected chi connectivity index (χ2v) is 8.10. The molecule has 1 atom stereocenters. The van der Waals surface area contributed by atoms with E-state index in [9.17, 15) is 13.6 Å². The molecule has 0 spiro atoms.